The van der Waals surface area contributed by atoms with Crippen molar-refractivity contribution in [3.05, 3.63) is 162 Å². The number of carbonyl (C=O) groups is 3. The summed E-state index contributed by atoms with van der Waals surface area (Å²) >= 11 is 1.48. The lowest BCUT2D eigenvalue weighted by Gasteiger charge is -2.36. The smallest absolute Gasteiger partial charge is 0.405 e. The second-order valence-electron chi connectivity index (χ2n) is 11.8. The van der Waals surface area contributed by atoms with E-state index in [4.69, 9.17) is 0 Å². The molecule has 1 unspecified atom stereocenters. The molecule has 0 saturated carbocycles. The number of rotatable bonds is 15. The van der Waals surface area contributed by atoms with Gasteiger partial charge in [0.15, 0.2) is 0 Å². The zero-order valence-corrected chi connectivity index (χ0v) is 29.2. The van der Waals surface area contributed by atoms with E-state index < -0.39 is 22.8 Å². The summed E-state index contributed by atoms with van der Waals surface area (Å²) < 4.78 is -0.731. The second-order valence-corrected chi connectivity index (χ2v) is 13.0. The summed E-state index contributed by atoms with van der Waals surface area (Å²) in [6.45, 7) is 0.247. The third kappa shape index (κ3) is 9.61. The normalized spacial score (nSPS) is 11.8. The van der Waals surface area contributed by atoms with Gasteiger partial charge < -0.3 is 26.0 Å². The van der Waals surface area contributed by atoms with Gasteiger partial charge in [-0.2, -0.15) is 10.2 Å². The van der Waals surface area contributed by atoms with Gasteiger partial charge in [-0.3, -0.25) is 9.59 Å². The van der Waals surface area contributed by atoms with Crippen molar-refractivity contribution in [2.45, 2.75) is 10.8 Å². The van der Waals surface area contributed by atoms with Crippen molar-refractivity contribution in [2.24, 2.45) is 10.2 Å². The summed E-state index contributed by atoms with van der Waals surface area (Å²) in [7, 11) is 3.94. The minimum Gasteiger partial charge on any atom is -0.465 e. The number of nitrogens with zero attached hydrogens (tertiary/aromatic N) is 3. The molecule has 0 aromatic heterocycles. The molecule has 0 fully saturated rings. The molecule has 10 nitrogen and oxygen atoms in total. The highest BCUT2D eigenvalue weighted by Gasteiger charge is 2.38. The minimum atomic E-state index is -1.31. The summed E-state index contributed by atoms with van der Waals surface area (Å²) in [5.74, 6) is -0.678. The number of carboxylic acid groups (broad SMARTS) is 1. The molecule has 0 aliphatic rings. The van der Waals surface area contributed by atoms with Gasteiger partial charge >= 0.3 is 6.09 Å². The number of azo groups is 1. The van der Waals surface area contributed by atoms with Crippen LogP contribution in [-0.4, -0.2) is 62.0 Å². The summed E-state index contributed by atoms with van der Waals surface area (Å²) in [5.41, 5.74) is 5.79. The fourth-order valence-corrected chi connectivity index (χ4v) is 7.07. The molecule has 1 atom stereocenters. The molecular formula is C40H40N6O4S. The van der Waals surface area contributed by atoms with Crippen molar-refractivity contribution < 1.29 is 19.5 Å². The van der Waals surface area contributed by atoms with Crippen LogP contribution in [0.25, 0.3) is 0 Å². The van der Waals surface area contributed by atoms with E-state index in [1.54, 1.807) is 24.3 Å². The lowest BCUT2D eigenvalue weighted by atomic mass is 9.84. The molecule has 0 saturated heterocycles. The third-order valence-electron chi connectivity index (χ3n) is 8.11. The molecule has 3 amide bonds. The molecule has 0 radical (unpaired) electrons. The molecule has 5 rings (SSSR count). The topological polar surface area (TPSA) is 135 Å². The lowest BCUT2D eigenvalue weighted by molar-refractivity contribution is -0.122. The van der Waals surface area contributed by atoms with Crippen molar-refractivity contribution in [1.82, 2.24) is 16.0 Å². The van der Waals surface area contributed by atoms with Gasteiger partial charge in [-0.1, -0.05) is 91.0 Å². The van der Waals surface area contributed by atoms with Crippen LogP contribution >= 0.6 is 11.8 Å². The van der Waals surface area contributed by atoms with Crippen LogP contribution in [0.4, 0.5) is 21.9 Å². The van der Waals surface area contributed by atoms with Crippen LogP contribution in [-0.2, 0) is 9.54 Å². The Kier molecular flexibility index (Phi) is 12.6. The number of thioether (sulfide) groups is 1. The number of anilines is 1. The van der Waals surface area contributed by atoms with Crippen molar-refractivity contribution in [3.8, 4) is 0 Å². The molecule has 51 heavy (non-hydrogen) atoms. The van der Waals surface area contributed by atoms with E-state index in [9.17, 15) is 19.5 Å². The van der Waals surface area contributed by atoms with Crippen LogP contribution < -0.4 is 20.9 Å². The lowest BCUT2D eigenvalue weighted by Crippen LogP contribution is -2.49. The van der Waals surface area contributed by atoms with E-state index in [2.05, 4.69) is 26.2 Å². The monoisotopic (exact) mass is 700 g/mol. The molecule has 4 N–H and O–H groups in total. The number of benzene rings is 5. The van der Waals surface area contributed by atoms with E-state index in [1.807, 2.05) is 134 Å². The van der Waals surface area contributed by atoms with E-state index in [0.717, 1.165) is 22.4 Å². The van der Waals surface area contributed by atoms with Crippen molar-refractivity contribution in [3.63, 3.8) is 0 Å². The predicted octanol–water partition coefficient (Wildman–Crippen LogP) is 7.38. The van der Waals surface area contributed by atoms with E-state index >= 15 is 0 Å². The summed E-state index contributed by atoms with van der Waals surface area (Å²) in [4.78, 5) is 40.0. The van der Waals surface area contributed by atoms with Crippen LogP contribution in [0.2, 0.25) is 0 Å². The Hall–Kier alpha value is -5.94. The number of carbonyl (C=O) groups excluding carboxylic acids is 2. The maximum Gasteiger partial charge on any atom is 0.405 e. The Morgan fingerprint density at radius 2 is 1.12 bits per heavy atom. The molecule has 0 spiro atoms. The summed E-state index contributed by atoms with van der Waals surface area (Å²) in [5, 5.41) is 26.1. The number of nitrogens with one attached hydrogen (secondary N) is 3. The molecule has 260 valence electrons. The predicted molar refractivity (Wildman–Crippen MR) is 203 cm³/mol. The van der Waals surface area contributed by atoms with Gasteiger partial charge in [-0.05, 0) is 65.2 Å². The molecule has 0 bridgehead atoms. The van der Waals surface area contributed by atoms with Crippen molar-refractivity contribution in [1.29, 1.82) is 0 Å². The fraction of sp³-hybridized carbons (Fsp3) is 0.175. The first-order valence-corrected chi connectivity index (χ1v) is 17.4. The largest absolute Gasteiger partial charge is 0.465 e. The molecule has 11 heteroatoms. The van der Waals surface area contributed by atoms with Gasteiger partial charge in [0, 0.05) is 44.2 Å². The highest BCUT2D eigenvalue weighted by molar-refractivity contribution is 8.00. The molecule has 5 aromatic carbocycles. The van der Waals surface area contributed by atoms with Crippen LogP contribution in [0.5, 0.6) is 0 Å². The van der Waals surface area contributed by atoms with Gasteiger partial charge in [0.2, 0.25) is 5.91 Å². The van der Waals surface area contributed by atoms with Crippen molar-refractivity contribution in [2.75, 3.05) is 37.8 Å². The van der Waals surface area contributed by atoms with Gasteiger partial charge in [0.05, 0.1) is 16.1 Å². The first kappa shape index (κ1) is 36.3. The van der Waals surface area contributed by atoms with Crippen LogP contribution in [0.3, 0.4) is 0 Å². The maximum atomic E-state index is 13.4. The minimum absolute atomic E-state index is 0.104. The Morgan fingerprint density at radius 3 is 1.57 bits per heavy atom. The highest BCUT2D eigenvalue weighted by Crippen LogP contribution is 2.48. The molecular weight excluding hydrogens is 661 g/mol. The van der Waals surface area contributed by atoms with Crippen LogP contribution in [0.1, 0.15) is 27.0 Å². The first-order valence-electron chi connectivity index (χ1n) is 16.4. The summed E-state index contributed by atoms with van der Waals surface area (Å²) in [6.07, 6.45) is -1.31. The van der Waals surface area contributed by atoms with E-state index in [0.29, 0.717) is 16.9 Å². The Labute approximate surface area is 302 Å². The number of hydrogen-bond donors (Lipinski definition) is 4. The first-order chi connectivity index (χ1) is 24.8. The Balaban J connectivity index is 1.20. The van der Waals surface area contributed by atoms with E-state index in [-0.39, 0.29) is 24.7 Å². The van der Waals surface area contributed by atoms with Gasteiger partial charge in [-0.25, -0.2) is 4.79 Å². The fourth-order valence-electron chi connectivity index (χ4n) is 5.51. The van der Waals surface area contributed by atoms with Crippen LogP contribution in [0, 0.1) is 0 Å². The van der Waals surface area contributed by atoms with E-state index in [1.165, 1.54) is 11.8 Å². The number of amides is 3. The quantitative estimate of drug-likeness (QED) is 0.0512. The van der Waals surface area contributed by atoms with Crippen molar-refractivity contribution >= 4 is 46.7 Å². The maximum absolute atomic E-state index is 13.4. The van der Waals surface area contributed by atoms with Gasteiger partial charge in [-0.15, -0.1) is 11.8 Å². The molecule has 0 aliphatic carbocycles. The molecule has 0 heterocycles. The van der Waals surface area contributed by atoms with Crippen LogP contribution in [0.15, 0.2) is 150 Å². The highest BCUT2D eigenvalue weighted by atomic mass is 32.2. The Morgan fingerprint density at radius 1 is 0.667 bits per heavy atom. The molecule has 5 aromatic rings. The van der Waals surface area contributed by atoms with Gasteiger partial charge in [0.25, 0.3) is 5.91 Å². The SMILES string of the molecule is CN(C)c1ccc(/N=N/c2ccc(C(=O)NCCNC(=O)C(CSC(c3ccccc3)(c3ccccc3)c3ccccc3)NC(=O)O)cc2)cc1. The second kappa shape index (κ2) is 17.6. The average Bonchev–Trinajstić information content (AvgIpc) is 3.16. The number of hydrogen-bond acceptors (Lipinski definition) is 7. The zero-order valence-electron chi connectivity index (χ0n) is 28.4. The summed E-state index contributed by atoms with van der Waals surface area (Å²) in [6, 6.07) is 43.2. The zero-order chi connectivity index (χ0) is 36.1. The molecule has 0 aliphatic heterocycles. The van der Waals surface area contributed by atoms with Gasteiger partial charge in [0.1, 0.15) is 6.04 Å². The standard InChI is InChI=1S/C40H40N6O4S/c1-46(2)35-24-22-34(23-25-35)45-44-33-20-18-29(19-21-33)37(47)41-26-27-42-38(48)36(43-39(49)50)28-51-40(30-12-6-3-7-13-30,31-14-8-4-9-15-31)32-16-10-5-11-17-32/h3-25,36,43H,26-28H2,1-2H3,(H,41,47)(H,42,48)(H,49,50)/b45-44+. The third-order valence-corrected chi connectivity index (χ3v) is 9.75. The average molecular weight is 701 g/mol. The Bertz CT molecular complexity index is 1810.